The molecule has 2 aromatic rings. The van der Waals surface area contributed by atoms with Gasteiger partial charge in [0, 0.05) is 42.4 Å². The molecule has 0 atom stereocenters. The van der Waals surface area contributed by atoms with Crippen LogP contribution in [0.3, 0.4) is 0 Å². The summed E-state index contributed by atoms with van der Waals surface area (Å²) in [4.78, 5) is 29.1. The minimum absolute atomic E-state index is 0.0680. The van der Waals surface area contributed by atoms with Gasteiger partial charge in [-0.05, 0) is 36.6 Å². The summed E-state index contributed by atoms with van der Waals surface area (Å²) in [5.41, 5.74) is 3.28. The SMILES string of the molecule is C=C1c2ccccc2C(=O)N1CCC(=O)N(Cc1ccc(OC)cc1)C1CC1. The normalized spacial score (nSPS) is 15.5. The first-order valence-electron chi connectivity index (χ1n) is 9.61. The van der Waals surface area contributed by atoms with Crippen molar-refractivity contribution in [3.05, 3.63) is 71.8 Å². The van der Waals surface area contributed by atoms with Gasteiger partial charge in [-0.1, -0.05) is 36.9 Å². The lowest BCUT2D eigenvalue weighted by Gasteiger charge is -2.24. The fourth-order valence-electron chi connectivity index (χ4n) is 3.66. The molecule has 0 radical (unpaired) electrons. The van der Waals surface area contributed by atoms with Gasteiger partial charge < -0.3 is 14.5 Å². The zero-order valence-electron chi connectivity index (χ0n) is 16.1. The molecule has 2 amide bonds. The summed E-state index contributed by atoms with van der Waals surface area (Å²) in [6.45, 7) is 4.99. The number of hydrogen-bond acceptors (Lipinski definition) is 3. The smallest absolute Gasteiger partial charge is 0.258 e. The molecule has 0 spiro atoms. The third-order valence-electron chi connectivity index (χ3n) is 5.41. The lowest BCUT2D eigenvalue weighted by Crippen LogP contribution is -2.35. The number of hydrogen-bond donors (Lipinski definition) is 0. The second-order valence-electron chi connectivity index (χ2n) is 7.30. The zero-order valence-corrected chi connectivity index (χ0v) is 16.1. The molecule has 1 aliphatic heterocycles. The van der Waals surface area contributed by atoms with Crippen LogP contribution in [0.25, 0.3) is 5.70 Å². The predicted molar refractivity (Wildman–Crippen MR) is 108 cm³/mol. The van der Waals surface area contributed by atoms with Crippen molar-refractivity contribution in [1.82, 2.24) is 9.80 Å². The fraction of sp³-hybridized carbons (Fsp3) is 0.304. The van der Waals surface area contributed by atoms with Crippen molar-refractivity contribution < 1.29 is 14.3 Å². The van der Waals surface area contributed by atoms with Crippen LogP contribution >= 0.6 is 0 Å². The minimum atomic E-state index is -0.0680. The van der Waals surface area contributed by atoms with Crippen molar-refractivity contribution in [3.8, 4) is 5.75 Å². The molecule has 28 heavy (non-hydrogen) atoms. The number of amides is 2. The van der Waals surface area contributed by atoms with E-state index >= 15 is 0 Å². The number of rotatable bonds is 7. The highest BCUT2D eigenvalue weighted by Crippen LogP contribution is 2.32. The number of benzene rings is 2. The molecule has 0 saturated heterocycles. The number of fused-ring (bicyclic) bond motifs is 1. The Labute approximate surface area is 165 Å². The topological polar surface area (TPSA) is 49.9 Å². The van der Waals surface area contributed by atoms with Crippen molar-refractivity contribution in [3.63, 3.8) is 0 Å². The van der Waals surface area contributed by atoms with E-state index < -0.39 is 0 Å². The molecule has 0 N–H and O–H groups in total. The molecule has 0 bridgehead atoms. The molecular weight excluding hydrogens is 352 g/mol. The molecule has 1 saturated carbocycles. The second-order valence-corrected chi connectivity index (χ2v) is 7.30. The van der Waals surface area contributed by atoms with Gasteiger partial charge in [0.05, 0.1) is 7.11 Å². The third kappa shape index (κ3) is 3.52. The Morgan fingerprint density at radius 2 is 1.82 bits per heavy atom. The summed E-state index contributed by atoms with van der Waals surface area (Å²) in [6, 6.07) is 15.6. The van der Waals surface area contributed by atoms with Crippen LogP contribution in [0.2, 0.25) is 0 Å². The lowest BCUT2D eigenvalue weighted by atomic mass is 10.1. The largest absolute Gasteiger partial charge is 0.497 e. The van der Waals surface area contributed by atoms with Crippen LogP contribution in [0.1, 0.15) is 40.7 Å². The standard InChI is InChI=1S/C23H24N2O3/c1-16-20-5-3-4-6-21(20)23(27)24(16)14-13-22(26)25(18-9-10-18)15-17-7-11-19(28-2)12-8-17/h3-8,11-12,18H,1,9-10,13-15H2,2H3. The van der Waals surface area contributed by atoms with Gasteiger partial charge in [-0.2, -0.15) is 0 Å². The van der Waals surface area contributed by atoms with Crippen LogP contribution in [0.5, 0.6) is 5.75 Å². The van der Waals surface area contributed by atoms with Gasteiger partial charge in [0.25, 0.3) is 5.91 Å². The monoisotopic (exact) mass is 376 g/mol. The average Bonchev–Trinajstić information content (AvgIpc) is 3.53. The maximum absolute atomic E-state index is 12.9. The minimum Gasteiger partial charge on any atom is -0.497 e. The highest BCUT2D eigenvalue weighted by Gasteiger charge is 2.34. The zero-order chi connectivity index (χ0) is 19.7. The average molecular weight is 376 g/mol. The Bertz CT molecular complexity index is 881. The fourth-order valence-corrected chi connectivity index (χ4v) is 3.66. The number of ether oxygens (including phenoxy) is 1. The van der Waals surface area contributed by atoms with E-state index in [0.29, 0.717) is 36.8 Å². The van der Waals surface area contributed by atoms with E-state index in [2.05, 4.69) is 6.58 Å². The second kappa shape index (κ2) is 7.50. The number of nitrogens with zero attached hydrogens (tertiary/aromatic N) is 2. The highest BCUT2D eigenvalue weighted by molar-refractivity contribution is 6.08. The first-order valence-corrected chi connectivity index (χ1v) is 9.61. The summed E-state index contributed by atoms with van der Waals surface area (Å²) in [6.07, 6.45) is 2.39. The van der Waals surface area contributed by atoms with Gasteiger partial charge in [0.2, 0.25) is 5.91 Å². The van der Waals surface area contributed by atoms with Crippen molar-refractivity contribution in [2.45, 2.75) is 31.8 Å². The summed E-state index contributed by atoms with van der Waals surface area (Å²) >= 11 is 0. The maximum Gasteiger partial charge on any atom is 0.258 e. The Morgan fingerprint density at radius 3 is 2.43 bits per heavy atom. The van der Waals surface area contributed by atoms with Gasteiger partial charge in [-0.15, -0.1) is 0 Å². The number of carbonyl (C=O) groups is 2. The van der Waals surface area contributed by atoms with Gasteiger partial charge in [0.15, 0.2) is 0 Å². The Morgan fingerprint density at radius 1 is 1.14 bits per heavy atom. The van der Waals surface area contributed by atoms with Crippen molar-refractivity contribution in [1.29, 1.82) is 0 Å². The molecule has 144 valence electrons. The number of carbonyl (C=O) groups excluding carboxylic acids is 2. The first kappa shape index (κ1) is 18.3. The van der Waals surface area contributed by atoms with Crippen LogP contribution in [0, 0.1) is 0 Å². The maximum atomic E-state index is 12.9. The molecule has 1 fully saturated rings. The summed E-state index contributed by atoms with van der Waals surface area (Å²) in [5, 5.41) is 0. The van der Waals surface area contributed by atoms with Gasteiger partial charge >= 0.3 is 0 Å². The molecule has 1 aliphatic carbocycles. The van der Waals surface area contributed by atoms with E-state index in [9.17, 15) is 9.59 Å². The number of methoxy groups -OCH3 is 1. The van der Waals surface area contributed by atoms with Gasteiger partial charge in [0.1, 0.15) is 5.75 Å². The Kier molecular flexibility index (Phi) is 4.90. The van der Waals surface area contributed by atoms with Crippen LogP contribution in [0.4, 0.5) is 0 Å². The van der Waals surface area contributed by atoms with E-state index in [4.69, 9.17) is 4.74 Å². The lowest BCUT2D eigenvalue weighted by molar-refractivity contribution is -0.132. The molecule has 2 aliphatic rings. The Balaban J connectivity index is 1.40. The Hall–Kier alpha value is -3.08. The van der Waals surface area contributed by atoms with E-state index in [1.54, 1.807) is 12.0 Å². The van der Waals surface area contributed by atoms with Crippen LogP contribution in [-0.4, -0.2) is 41.3 Å². The highest BCUT2D eigenvalue weighted by atomic mass is 16.5. The van der Waals surface area contributed by atoms with Gasteiger partial charge in [-0.25, -0.2) is 0 Å². The van der Waals surface area contributed by atoms with Crippen molar-refractivity contribution in [2.24, 2.45) is 0 Å². The predicted octanol–water partition coefficient (Wildman–Crippen LogP) is 3.70. The van der Waals surface area contributed by atoms with E-state index in [0.717, 1.165) is 29.7 Å². The van der Waals surface area contributed by atoms with E-state index in [1.165, 1.54) is 0 Å². The van der Waals surface area contributed by atoms with Crippen molar-refractivity contribution >= 4 is 17.5 Å². The molecule has 2 aromatic carbocycles. The van der Waals surface area contributed by atoms with E-state index in [1.807, 2.05) is 53.4 Å². The summed E-state index contributed by atoms with van der Waals surface area (Å²) in [7, 11) is 1.64. The van der Waals surface area contributed by atoms with Gasteiger partial charge in [-0.3, -0.25) is 9.59 Å². The molecule has 0 unspecified atom stereocenters. The third-order valence-corrected chi connectivity index (χ3v) is 5.41. The molecule has 5 heteroatoms. The molecule has 5 nitrogen and oxygen atoms in total. The summed E-state index contributed by atoms with van der Waals surface area (Å²) in [5.74, 6) is 0.815. The molecule has 1 heterocycles. The quantitative estimate of drug-likeness (QED) is 0.740. The molecular formula is C23H24N2O3. The summed E-state index contributed by atoms with van der Waals surface area (Å²) < 4.78 is 5.20. The molecule has 0 aromatic heterocycles. The molecule has 4 rings (SSSR count). The first-order chi connectivity index (χ1) is 13.6. The van der Waals surface area contributed by atoms with Crippen LogP contribution < -0.4 is 4.74 Å². The van der Waals surface area contributed by atoms with Crippen LogP contribution in [0.15, 0.2) is 55.1 Å². The van der Waals surface area contributed by atoms with Crippen LogP contribution in [-0.2, 0) is 11.3 Å². The van der Waals surface area contributed by atoms with Crippen molar-refractivity contribution in [2.75, 3.05) is 13.7 Å². The van der Waals surface area contributed by atoms with E-state index in [-0.39, 0.29) is 11.8 Å².